The van der Waals surface area contributed by atoms with Crippen molar-refractivity contribution in [2.45, 2.75) is 55.8 Å². The molecule has 8 heteroatoms. The van der Waals surface area contributed by atoms with E-state index in [2.05, 4.69) is 10.1 Å². The Labute approximate surface area is 166 Å². The molecule has 2 aliphatic carbocycles. The van der Waals surface area contributed by atoms with Crippen molar-refractivity contribution in [2.24, 2.45) is 11.8 Å². The number of halogens is 3. The molecule has 2 saturated heterocycles. The molecule has 4 atom stereocenters. The lowest BCUT2D eigenvalue weighted by Gasteiger charge is -2.48. The van der Waals surface area contributed by atoms with Crippen LogP contribution in [0.5, 0.6) is 5.75 Å². The van der Waals surface area contributed by atoms with Crippen LogP contribution < -0.4 is 10.1 Å². The maximum atomic E-state index is 13.1. The van der Waals surface area contributed by atoms with Gasteiger partial charge in [0, 0.05) is 24.9 Å². The fourth-order valence-corrected chi connectivity index (χ4v) is 5.71. The smallest absolute Gasteiger partial charge is 0.406 e. The van der Waals surface area contributed by atoms with Gasteiger partial charge in [0.05, 0.1) is 11.5 Å². The summed E-state index contributed by atoms with van der Waals surface area (Å²) in [6.07, 6.45) is 0.0250. The van der Waals surface area contributed by atoms with Crippen molar-refractivity contribution >= 4 is 11.8 Å². The molecule has 1 spiro atoms. The summed E-state index contributed by atoms with van der Waals surface area (Å²) in [4.78, 5) is 26.7. The van der Waals surface area contributed by atoms with Gasteiger partial charge in [-0.05, 0) is 55.7 Å². The van der Waals surface area contributed by atoms with Gasteiger partial charge in [-0.1, -0.05) is 12.1 Å². The number of amides is 2. The summed E-state index contributed by atoms with van der Waals surface area (Å²) in [5, 5.41) is 3.03. The summed E-state index contributed by atoms with van der Waals surface area (Å²) in [5.74, 6) is 0.201. The SMILES string of the molecule is O=C1CCC2(CCC2C(=O)N2CCC3(c4ccc(OC(F)(F)F)cc4)CC3C2)N1. The lowest BCUT2D eigenvalue weighted by atomic mass is 9.65. The van der Waals surface area contributed by atoms with Crippen molar-refractivity contribution in [3.63, 3.8) is 0 Å². The molecule has 2 aliphatic heterocycles. The molecule has 0 radical (unpaired) electrons. The van der Waals surface area contributed by atoms with Crippen LogP contribution in [0.2, 0.25) is 0 Å². The molecule has 2 amide bonds. The van der Waals surface area contributed by atoms with Crippen LogP contribution in [0.1, 0.15) is 44.1 Å². The van der Waals surface area contributed by atoms with E-state index in [0.717, 1.165) is 37.7 Å². The number of nitrogens with zero attached hydrogens (tertiary/aromatic N) is 1. The third-order valence-corrected chi connectivity index (χ3v) is 7.51. The normalized spacial score (nSPS) is 35.7. The Morgan fingerprint density at radius 1 is 1.17 bits per heavy atom. The van der Waals surface area contributed by atoms with Crippen LogP contribution in [-0.2, 0) is 15.0 Å². The monoisotopic (exact) mass is 408 g/mol. The maximum Gasteiger partial charge on any atom is 0.573 e. The number of hydrogen-bond donors (Lipinski definition) is 1. The number of ether oxygens (including phenoxy) is 1. The first kappa shape index (κ1) is 18.8. The van der Waals surface area contributed by atoms with E-state index >= 15 is 0 Å². The topological polar surface area (TPSA) is 58.6 Å². The Bertz CT molecular complexity index is 856. The number of benzene rings is 1. The minimum absolute atomic E-state index is 0.0353. The van der Waals surface area contributed by atoms with Crippen LogP contribution in [0.25, 0.3) is 0 Å². The van der Waals surface area contributed by atoms with Crippen molar-refractivity contribution in [2.75, 3.05) is 13.1 Å². The Morgan fingerprint density at radius 3 is 2.48 bits per heavy atom. The van der Waals surface area contributed by atoms with Gasteiger partial charge in [-0.3, -0.25) is 9.59 Å². The van der Waals surface area contributed by atoms with Gasteiger partial charge in [0.1, 0.15) is 5.75 Å². The van der Waals surface area contributed by atoms with E-state index in [1.54, 1.807) is 12.1 Å². The molecular weight excluding hydrogens is 385 g/mol. The molecule has 0 bridgehead atoms. The van der Waals surface area contributed by atoms with Gasteiger partial charge in [0.2, 0.25) is 11.8 Å². The molecule has 5 rings (SSSR count). The van der Waals surface area contributed by atoms with Crippen molar-refractivity contribution in [3.05, 3.63) is 29.8 Å². The first-order chi connectivity index (χ1) is 13.7. The highest BCUT2D eigenvalue weighted by Crippen LogP contribution is 2.59. The number of likely N-dealkylation sites (tertiary alicyclic amines) is 1. The van der Waals surface area contributed by atoms with Crippen molar-refractivity contribution in [3.8, 4) is 5.75 Å². The summed E-state index contributed by atoms with van der Waals surface area (Å²) in [5.41, 5.74) is 0.666. The highest BCUT2D eigenvalue weighted by Gasteiger charge is 2.60. The molecule has 4 fully saturated rings. The second-order valence-electron chi connectivity index (χ2n) is 8.96. The zero-order valence-electron chi connectivity index (χ0n) is 15.9. The Balaban J connectivity index is 1.23. The van der Waals surface area contributed by atoms with Crippen LogP contribution in [0.15, 0.2) is 24.3 Å². The average molecular weight is 408 g/mol. The Kier molecular flexibility index (Phi) is 3.96. The first-order valence-electron chi connectivity index (χ1n) is 10.2. The molecule has 2 heterocycles. The van der Waals surface area contributed by atoms with Crippen LogP contribution in [0, 0.1) is 11.8 Å². The standard InChI is InChI=1S/C21H23F3N2O3/c22-21(23,24)29-15-3-1-13(2-4-15)19-9-10-26(12-14(19)11-19)18(28)16-5-7-20(16)8-6-17(27)25-20/h1-4,14,16H,5-12H2,(H,25,27). The van der Waals surface area contributed by atoms with E-state index in [4.69, 9.17) is 0 Å². The summed E-state index contributed by atoms with van der Waals surface area (Å²) < 4.78 is 41.0. The number of alkyl halides is 3. The number of piperidine rings is 1. The molecule has 1 aromatic rings. The number of carbonyl (C=O) groups is 2. The van der Waals surface area contributed by atoms with E-state index in [0.29, 0.717) is 25.4 Å². The third kappa shape index (κ3) is 3.07. The lowest BCUT2D eigenvalue weighted by molar-refractivity contribution is -0.274. The number of nitrogens with one attached hydrogen (secondary N) is 1. The molecule has 156 valence electrons. The summed E-state index contributed by atoms with van der Waals surface area (Å²) >= 11 is 0. The molecule has 2 saturated carbocycles. The fraction of sp³-hybridized carbons (Fsp3) is 0.619. The molecule has 1 N–H and O–H groups in total. The van der Waals surface area contributed by atoms with Gasteiger partial charge in [-0.2, -0.15) is 0 Å². The summed E-state index contributed by atoms with van der Waals surface area (Å²) in [7, 11) is 0. The number of fused-ring (bicyclic) bond motifs is 1. The second kappa shape index (κ2) is 6.12. The van der Waals surface area contributed by atoms with Gasteiger partial charge in [0.25, 0.3) is 0 Å². The maximum absolute atomic E-state index is 13.1. The quantitative estimate of drug-likeness (QED) is 0.836. The minimum atomic E-state index is -4.69. The van der Waals surface area contributed by atoms with Crippen molar-refractivity contribution < 1.29 is 27.5 Å². The average Bonchev–Trinajstić information content (AvgIpc) is 3.25. The lowest BCUT2D eigenvalue weighted by Crippen LogP contribution is -2.61. The van der Waals surface area contributed by atoms with Gasteiger partial charge in [-0.25, -0.2) is 0 Å². The van der Waals surface area contributed by atoms with Crippen LogP contribution >= 0.6 is 0 Å². The van der Waals surface area contributed by atoms with Crippen LogP contribution in [0.3, 0.4) is 0 Å². The third-order valence-electron chi connectivity index (χ3n) is 7.51. The second-order valence-corrected chi connectivity index (χ2v) is 8.96. The molecular formula is C21H23F3N2O3. The van der Waals surface area contributed by atoms with E-state index < -0.39 is 6.36 Å². The molecule has 29 heavy (non-hydrogen) atoms. The first-order valence-corrected chi connectivity index (χ1v) is 10.2. The molecule has 4 unspecified atom stereocenters. The Hall–Kier alpha value is -2.25. The number of hydrogen-bond acceptors (Lipinski definition) is 3. The molecule has 5 nitrogen and oxygen atoms in total. The highest BCUT2D eigenvalue weighted by atomic mass is 19.4. The number of carbonyl (C=O) groups excluding carboxylic acids is 2. The largest absolute Gasteiger partial charge is 0.573 e. The van der Waals surface area contributed by atoms with Crippen LogP contribution in [0.4, 0.5) is 13.2 Å². The zero-order valence-corrected chi connectivity index (χ0v) is 15.9. The number of rotatable bonds is 3. The predicted molar refractivity (Wildman–Crippen MR) is 96.9 cm³/mol. The fourth-order valence-electron chi connectivity index (χ4n) is 5.71. The molecule has 1 aromatic carbocycles. The summed E-state index contributed by atoms with van der Waals surface area (Å²) in [6.45, 7) is 1.33. The Morgan fingerprint density at radius 2 is 1.93 bits per heavy atom. The van der Waals surface area contributed by atoms with Crippen molar-refractivity contribution in [1.82, 2.24) is 10.2 Å². The van der Waals surface area contributed by atoms with Gasteiger partial charge in [0.15, 0.2) is 0 Å². The predicted octanol–water partition coefficient (Wildman–Crippen LogP) is 3.13. The summed E-state index contributed by atoms with van der Waals surface area (Å²) in [6, 6.07) is 6.16. The molecule has 0 aromatic heterocycles. The van der Waals surface area contributed by atoms with Gasteiger partial charge < -0.3 is 15.0 Å². The van der Waals surface area contributed by atoms with E-state index in [1.165, 1.54) is 12.1 Å². The minimum Gasteiger partial charge on any atom is -0.406 e. The van der Waals surface area contributed by atoms with Crippen LogP contribution in [-0.4, -0.2) is 41.7 Å². The van der Waals surface area contributed by atoms with Gasteiger partial charge >= 0.3 is 6.36 Å². The van der Waals surface area contributed by atoms with E-state index in [9.17, 15) is 22.8 Å². The van der Waals surface area contributed by atoms with Crippen molar-refractivity contribution in [1.29, 1.82) is 0 Å². The van der Waals surface area contributed by atoms with Gasteiger partial charge in [-0.15, -0.1) is 13.2 Å². The zero-order chi connectivity index (χ0) is 20.4. The molecule has 4 aliphatic rings. The van der Waals surface area contributed by atoms with E-state index in [1.807, 2.05) is 4.90 Å². The highest BCUT2D eigenvalue weighted by molar-refractivity contribution is 5.86. The van der Waals surface area contributed by atoms with E-state index in [-0.39, 0.29) is 34.4 Å².